The molecule has 1 aliphatic carbocycles. The molecule has 2 N–H and O–H groups in total. The molecular formula is C31H33Cl2N3O4S. The molecule has 0 spiro atoms. The number of aromatic amines is 1. The Labute approximate surface area is 250 Å². The fourth-order valence-electron chi connectivity index (χ4n) is 5.69. The van der Waals surface area contributed by atoms with Crippen LogP contribution in [-0.2, 0) is 33.2 Å². The van der Waals surface area contributed by atoms with Gasteiger partial charge in [-0.2, -0.15) is 0 Å². The largest absolute Gasteiger partial charge is 0.358 e. The molecule has 1 amide bonds. The third-order valence-electron chi connectivity index (χ3n) is 7.94. The number of benzene rings is 2. The number of hydrogen-bond acceptors (Lipinski definition) is 5. The van der Waals surface area contributed by atoms with Crippen molar-refractivity contribution >= 4 is 62.1 Å². The van der Waals surface area contributed by atoms with Crippen molar-refractivity contribution < 1.29 is 18.0 Å². The molecule has 1 aromatic heterocycles. The van der Waals surface area contributed by atoms with E-state index < -0.39 is 9.84 Å². The lowest BCUT2D eigenvalue weighted by Crippen LogP contribution is -2.24. The summed E-state index contributed by atoms with van der Waals surface area (Å²) in [5.41, 5.74) is 5.05. The Morgan fingerprint density at radius 3 is 2.44 bits per heavy atom. The van der Waals surface area contributed by atoms with Crippen molar-refractivity contribution in [3.05, 3.63) is 80.1 Å². The summed E-state index contributed by atoms with van der Waals surface area (Å²) in [7, 11) is -3.83. The minimum absolute atomic E-state index is 0.0649. The minimum atomic E-state index is -3.83. The average molecular weight is 615 g/mol. The summed E-state index contributed by atoms with van der Waals surface area (Å²) >= 11 is 12.5. The first kappa shape index (κ1) is 29.6. The molecule has 0 radical (unpaired) electrons. The van der Waals surface area contributed by atoms with Crippen LogP contribution in [0.1, 0.15) is 71.5 Å². The predicted octanol–water partition coefficient (Wildman–Crippen LogP) is 6.58. The first-order valence-corrected chi connectivity index (χ1v) is 16.4. The van der Waals surface area contributed by atoms with Crippen LogP contribution < -0.4 is 5.32 Å². The second kappa shape index (κ2) is 12.1. The number of fused-ring (bicyclic) bond motifs is 2. The summed E-state index contributed by atoms with van der Waals surface area (Å²) in [5.74, 6) is -0.558. The number of amides is 1. The fraction of sp³-hybridized carbons (Fsp3) is 0.355. The SMILES string of the molecule is CCN(CC)CCCc1c(/C=C2\C(=O)Nc3ccc(S(=O)(=O)Cc4c(Cl)cccc4Cl)cc32)[nH]c2c1C(=O)CCC2. The number of hydrogen-bond donors (Lipinski definition) is 2. The number of H-pyrrole nitrogens is 1. The van der Waals surface area contributed by atoms with Gasteiger partial charge in [0.05, 0.1) is 16.2 Å². The van der Waals surface area contributed by atoms with E-state index in [2.05, 4.69) is 29.0 Å². The van der Waals surface area contributed by atoms with Crippen LogP contribution in [0.5, 0.6) is 0 Å². The molecule has 2 aromatic carbocycles. The summed E-state index contributed by atoms with van der Waals surface area (Å²) < 4.78 is 26.8. The van der Waals surface area contributed by atoms with Gasteiger partial charge in [-0.15, -0.1) is 0 Å². The highest BCUT2D eigenvalue weighted by Crippen LogP contribution is 2.38. The Kier molecular flexibility index (Phi) is 8.76. The van der Waals surface area contributed by atoms with Crippen molar-refractivity contribution in [2.24, 2.45) is 0 Å². The van der Waals surface area contributed by atoms with Crippen LogP contribution in [0.4, 0.5) is 5.69 Å². The summed E-state index contributed by atoms with van der Waals surface area (Å²) in [6.07, 6.45) is 5.44. The van der Waals surface area contributed by atoms with Gasteiger partial charge in [-0.1, -0.05) is 43.1 Å². The number of aryl methyl sites for hydroxylation is 1. The van der Waals surface area contributed by atoms with Gasteiger partial charge in [0, 0.05) is 50.2 Å². The van der Waals surface area contributed by atoms with E-state index in [1.807, 2.05) is 0 Å². The summed E-state index contributed by atoms with van der Waals surface area (Å²) in [6, 6.07) is 9.47. The second-order valence-corrected chi connectivity index (χ2v) is 13.3. The smallest absolute Gasteiger partial charge is 0.256 e. The maximum Gasteiger partial charge on any atom is 0.256 e. The van der Waals surface area contributed by atoms with Crippen LogP contribution in [0, 0.1) is 0 Å². The van der Waals surface area contributed by atoms with E-state index in [4.69, 9.17) is 23.2 Å². The van der Waals surface area contributed by atoms with E-state index in [9.17, 15) is 18.0 Å². The number of nitrogens with one attached hydrogen (secondary N) is 2. The Balaban J connectivity index is 1.52. The van der Waals surface area contributed by atoms with Gasteiger partial charge in [-0.25, -0.2) is 8.42 Å². The third-order valence-corrected chi connectivity index (χ3v) is 10.3. The molecule has 7 nitrogen and oxygen atoms in total. The summed E-state index contributed by atoms with van der Waals surface area (Å²) in [4.78, 5) is 31.9. The topological polar surface area (TPSA) is 99.3 Å². The number of carbonyl (C=O) groups is 2. The maximum absolute atomic E-state index is 13.4. The van der Waals surface area contributed by atoms with Crippen LogP contribution in [0.3, 0.4) is 0 Å². The molecule has 0 atom stereocenters. The zero-order valence-corrected chi connectivity index (χ0v) is 25.5. The normalized spacial score (nSPS) is 15.9. The first-order chi connectivity index (χ1) is 19.6. The molecule has 0 fully saturated rings. The van der Waals surface area contributed by atoms with E-state index in [1.54, 1.807) is 30.3 Å². The van der Waals surface area contributed by atoms with Crippen molar-refractivity contribution in [1.82, 2.24) is 9.88 Å². The molecule has 3 aromatic rings. The number of anilines is 1. The molecule has 10 heteroatoms. The maximum atomic E-state index is 13.4. The van der Waals surface area contributed by atoms with Crippen molar-refractivity contribution in [2.75, 3.05) is 25.0 Å². The van der Waals surface area contributed by atoms with E-state index in [0.29, 0.717) is 35.2 Å². The monoisotopic (exact) mass is 613 g/mol. The number of carbonyl (C=O) groups excluding carboxylic acids is 2. The number of halogens is 2. The van der Waals surface area contributed by atoms with Gasteiger partial charge in [0.2, 0.25) is 0 Å². The lowest BCUT2D eigenvalue weighted by atomic mass is 9.91. The number of sulfone groups is 1. The van der Waals surface area contributed by atoms with Crippen LogP contribution in [0.25, 0.3) is 11.6 Å². The average Bonchev–Trinajstić information content (AvgIpc) is 3.45. The highest BCUT2D eigenvalue weighted by atomic mass is 35.5. The Bertz CT molecular complexity index is 1640. The number of aromatic nitrogens is 1. The van der Waals surface area contributed by atoms with E-state index in [-0.39, 0.29) is 32.4 Å². The van der Waals surface area contributed by atoms with Crippen LogP contribution in [0.2, 0.25) is 10.0 Å². The number of nitrogens with zero attached hydrogens (tertiary/aromatic N) is 1. The molecule has 216 valence electrons. The zero-order chi connectivity index (χ0) is 29.3. The molecular weight excluding hydrogens is 581 g/mol. The van der Waals surface area contributed by atoms with Crippen molar-refractivity contribution in [1.29, 1.82) is 0 Å². The molecule has 0 saturated carbocycles. The van der Waals surface area contributed by atoms with E-state index >= 15 is 0 Å². The summed E-state index contributed by atoms with van der Waals surface area (Å²) in [5, 5.41) is 3.40. The third kappa shape index (κ3) is 6.02. The molecule has 5 rings (SSSR count). The Hall–Kier alpha value is -2.91. The molecule has 2 aliphatic rings. The molecule has 41 heavy (non-hydrogen) atoms. The van der Waals surface area contributed by atoms with Gasteiger partial charge in [0.25, 0.3) is 5.91 Å². The van der Waals surface area contributed by atoms with Crippen LogP contribution >= 0.6 is 23.2 Å². The molecule has 0 unspecified atom stereocenters. The highest BCUT2D eigenvalue weighted by molar-refractivity contribution is 7.90. The van der Waals surface area contributed by atoms with Crippen molar-refractivity contribution in [3.63, 3.8) is 0 Å². The van der Waals surface area contributed by atoms with Gasteiger partial charge < -0.3 is 15.2 Å². The first-order valence-electron chi connectivity index (χ1n) is 13.9. The Morgan fingerprint density at radius 2 is 1.73 bits per heavy atom. The lowest BCUT2D eigenvalue weighted by Gasteiger charge is -2.18. The number of ketones is 1. The quantitative estimate of drug-likeness (QED) is 0.252. The summed E-state index contributed by atoms with van der Waals surface area (Å²) in [6.45, 7) is 7.10. The van der Waals surface area contributed by atoms with Crippen molar-refractivity contribution in [3.8, 4) is 0 Å². The molecule has 0 bridgehead atoms. The van der Waals surface area contributed by atoms with Gasteiger partial charge in [0.1, 0.15) is 0 Å². The molecule has 0 saturated heterocycles. The number of rotatable bonds is 10. The molecule has 1 aliphatic heterocycles. The van der Waals surface area contributed by atoms with Gasteiger partial charge >= 0.3 is 0 Å². The van der Waals surface area contributed by atoms with E-state index in [1.165, 1.54) is 12.1 Å². The standard InChI is InChI=1S/C31H33Cl2N3O4S/c1-3-36(4-2)15-7-8-20-28(34-27-11-6-12-29(37)30(20)27)17-22-21-16-19(13-14-26(21)35-31(22)38)41(39,40)18-23-24(32)9-5-10-25(23)33/h5,9-10,13-14,16-17,34H,3-4,6-8,11-12,15,18H2,1-2H3,(H,35,38)/b22-17-. The zero-order valence-electron chi connectivity index (χ0n) is 23.1. The second-order valence-electron chi connectivity index (χ2n) is 10.5. The number of Topliss-reactive ketones (excluding diaryl/α,β-unsaturated/α-hetero) is 1. The minimum Gasteiger partial charge on any atom is -0.358 e. The fourth-order valence-corrected chi connectivity index (χ4v) is 7.81. The van der Waals surface area contributed by atoms with Gasteiger partial charge in [-0.05, 0) is 87.3 Å². The van der Waals surface area contributed by atoms with Gasteiger partial charge in [0.15, 0.2) is 15.6 Å². The predicted molar refractivity (Wildman–Crippen MR) is 164 cm³/mol. The van der Waals surface area contributed by atoms with Crippen LogP contribution in [0.15, 0.2) is 41.3 Å². The lowest BCUT2D eigenvalue weighted by molar-refractivity contribution is -0.110. The van der Waals surface area contributed by atoms with Crippen LogP contribution in [-0.4, -0.2) is 49.6 Å². The van der Waals surface area contributed by atoms with E-state index in [0.717, 1.165) is 61.4 Å². The van der Waals surface area contributed by atoms with Crippen molar-refractivity contribution in [2.45, 2.75) is 56.6 Å². The van der Waals surface area contributed by atoms with Gasteiger partial charge in [-0.3, -0.25) is 9.59 Å². The molecule has 2 heterocycles. The Morgan fingerprint density at radius 1 is 1.00 bits per heavy atom. The highest BCUT2D eigenvalue weighted by Gasteiger charge is 2.30.